The molecule has 0 aliphatic carbocycles. The first-order chi connectivity index (χ1) is 10.6. The van der Waals surface area contributed by atoms with Gasteiger partial charge in [-0.05, 0) is 30.3 Å². The number of hydrogen-bond donors (Lipinski definition) is 1. The zero-order chi connectivity index (χ0) is 16.5. The van der Waals surface area contributed by atoms with Crippen molar-refractivity contribution in [2.45, 2.75) is 27.3 Å². The molecule has 1 N–H and O–H groups in total. The van der Waals surface area contributed by atoms with Crippen LogP contribution < -0.4 is 10.6 Å². The van der Waals surface area contributed by atoms with Gasteiger partial charge in [-0.25, -0.2) is 0 Å². The molecule has 0 heterocycles. The molecule has 116 valence electrons. The maximum absolute atomic E-state index is 10.2. The summed E-state index contributed by atoms with van der Waals surface area (Å²) >= 11 is 1.47. The number of halogens is 1. The molecular formula is C17H21ClNOPTi. The Labute approximate surface area is 150 Å². The summed E-state index contributed by atoms with van der Waals surface area (Å²) in [4.78, 5) is 0. The maximum atomic E-state index is 10.2. The Hall–Kier alpha value is -0.366. The van der Waals surface area contributed by atoms with E-state index < -0.39 is 0 Å². The number of rotatable bonds is 5. The SMILES string of the molecule is CC[N-]Cc1cccc(C)c1Pc1cccc(C)c1O.[Cl][Ti+]. The van der Waals surface area contributed by atoms with Gasteiger partial charge in [0.1, 0.15) is 5.75 Å². The number of nitrogens with zero attached hydrogens (tertiary/aromatic N) is 1. The number of phenolic OH excluding ortho intramolecular Hbond substituents is 1. The normalized spacial score (nSPS) is 10.5. The summed E-state index contributed by atoms with van der Waals surface area (Å²) in [6, 6.07) is 12.3. The average molecular weight is 370 g/mol. The van der Waals surface area contributed by atoms with E-state index in [1.807, 2.05) is 25.1 Å². The molecule has 1 atom stereocenters. The fourth-order valence-corrected chi connectivity index (χ4v) is 3.53. The summed E-state index contributed by atoms with van der Waals surface area (Å²) in [7, 11) is 5.11. The Morgan fingerprint density at radius 1 is 1.09 bits per heavy atom. The Morgan fingerprint density at radius 2 is 1.73 bits per heavy atom. The van der Waals surface area contributed by atoms with Gasteiger partial charge in [0.15, 0.2) is 0 Å². The molecule has 2 aromatic rings. The van der Waals surface area contributed by atoms with Crippen molar-refractivity contribution in [3.63, 3.8) is 0 Å². The number of aryl methyl sites for hydroxylation is 2. The van der Waals surface area contributed by atoms with Crippen molar-refractivity contribution in [1.29, 1.82) is 0 Å². The first-order valence-corrected chi connectivity index (χ1v) is 10.2. The van der Waals surface area contributed by atoms with E-state index in [0.29, 0.717) is 14.3 Å². The molecule has 0 bridgehead atoms. The van der Waals surface area contributed by atoms with Gasteiger partial charge in [-0.1, -0.05) is 57.5 Å². The van der Waals surface area contributed by atoms with Crippen molar-refractivity contribution in [3.8, 4) is 5.75 Å². The molecule has 1 unspecified atom stereocenters. The van der Waals surface area contributed by atoms with Crippen molar-refractivity contribution in [3.05, 3.63) is 58.4 Å². The average Bonchev–Trinajstić information content (AvgIpc) is 2.54. The Bertz CT molecular complexity index is 607. The molecule has 2 aromatic carbocycles. The molecule has 0 aliphatic rings. The number of aromatic hydroxyl groups is 1. The van der Waals surface area contributed by atoms with E-state index >= 15 is 0 Å². The van der Waals surface area contributed by atoms with Gasteiger partial charge in [0.2, 0.25) is 0 Å². The molecular weight excluding hydrogens is 348 g/mol. The van der Waals surface area contributed by atoms with E-state index in [1.165, 1.54) is 35.8 Å². The summed E-state index contributed by atoms with van der Waals surface area (Å²) < 4.78 is 0. The molecule has 2 nitrogen and oxygen atoms in total. The van der Waals surface area contributed by atoms with Crippen LogP contribution in [-0.4, -0.2) is 11.7 Å². The van der Waals surface area contributed by atoms with E-state index in [0.717, 1.165) is 24.0 Å². The molecule has 0 fully saturated rings. The Kier molecular flexibility index (Phi) is 9.32. The quantitative estimate of drug-likeness (QED) is 0.621. The van der Waals surface area contributed by atoms with Crippen molar-refractivity contribution < 1.29 is 24.5 Å². The summed E-state index contributed by atoms with van der Waals surface area (Å²) in [5.74, 6) is 0.424. The van der Waals surface area contributed by atoms with Gasteiger partial charge in [-0.15, -0.1) is 6.54 Å². The van der Waals surface area contributed by atoms with Crippen molar-refractivity contribution >= 4 is 28.5 Å². The molecule has 0 spiro atoms. The second-order valence-corrected chi connectivity index (χ2v) is 6.19. The molecule has 2 rings (SSSR count). The van der Waals surface area contributed by atoms with Gasteiger partial charge >= 0.3 is 28.7 Å². The van der Waals surface area contributed by atoms with E-state index in [2.05, 4.69) is 46.7 Å². The third-order valence-corrected chi connectivity index (χ3v) is 5.00. The van der Waals surface area contributed by atoms with Crippen LogP contribution in [0.3, 0.4) is 0 Å². The molecule has 0 aliphatic heterocycles. The fraction of sp³-hybridized carbons (Fsp3) is 0.294. The van der Waals surface area contributed by atoms with Crippen molar-refractivity contribution in [1.82, 2.24) is 0 Å². The fourth-order valence-electron chi connectivity index (χ4n) is 2.17. The van der Waals surface area contributed by atoms with E-state index in [-0.39, 0.29) is 0 Å². The third kappa shape index (κ3) is 5.37. The van der Waals surface area contributed by atoms with Crippen LogP contribution in [0.2, 0.25) is 0 Å². The standard InChI is InChI=1S/C17H21NOP.ClH.Ti/c1-4-18-11-14-9-5-8-13(3)17(14)20-15-10-6-7-12(2)16(15)19;;/h5-10,19-20H,4,11H2,1-3H3;1H;/q-1;;+2/p-1. The number of phenols is 1. The zero-order valence-corrected chi connectivity index (χ0v) is 16.5. The minimum absolute atomic E-state index is 0.424. The van der Waals surface area contributed by atoms with Crippen LogP contribution in [0.1, 0.15) is 23.6 Å². The van der Waals surface area contributed by atoms with Crippen LogP contribution in [0, 0.1) is 13.8 Å². The topological polar surface area (TPSA) is 34.3 Å². The van der Waals surface area contributed by atoms with Crippen LogP contribution in [0.4, 0.5) is 0 Å². The van der Waals surface area contributed by atoms with Gasteiger partial charge in [0, 0.05) is 5.30 Å². The van der Waals surface area contributed by atoms with Crippen molar-refractivity contribution in [2.24, 2.45) is 0 Å². The molecule has 0 saturated carbocycles. The number of hydrogen-bond acceptors (Lipinski definition) is 1. The first-order valence-electron chi connectivity index (χ1n) is 7.09. The van der Waals surface area contributed by atoms with Gasteiger partial charge in [-0.3, -0.25) is 0 Å². The Morgan fingerprint density at radius 3 is 2.41 bits per heavy atom. The molecule has 5 heteroatoms. The predicted molar refractivity (Wildman–Crippen MR) is 95.1 cm³/mol. The monoisotopic (exact) mass is 369 g/mol. The number of para-hydroxylation sites is 1. The van der Waals surface area contributed by atoms with Crippen molar-refractivity contribution in [2.75, 3.05) is 6.54 Å². The summed E-state index contributed by atoms with van der Waals surface area (Å²) in [5, 5.41) is 17.0. The van der Waals surface area contributed by atoms with Gasteiger partial charge in [0.05, 0.1) is 0 Å². The first kappa shape index (κ1) is 19.7. The predicted octanol–water partition coefficient (Wildman–Crippen LogP) is 4.22. The second kappa shape index (κ2) is 10.4. The second-order valence-electron chi connectivity index (χ2n) is 4.90. The summed E-state index contributed by atoms with van der Waals surface area (Å²) in [6.45, 7) is 7.72. The summed E-state index contributed by atoms with van der Waals surface area (Å²) in [6.07, 6.45) is 0. The van der Waals surface area contributed by atoms with Gasteiger partial charge in [0.25, 0.3) is 0 Å². The molecule has 0 amide bonds. The molecule has 0 radical (unpaired) electrons. The van der Waals surface area contributed by atoms with E-state index in [9.17, 15) is 5.11 Å². The van der Waals surface area contributed by atoms with Crippen LogP contribution in [0.25, 0.3) is 5.32 Å². The zero-order valence-electron chi connectivity index (χ0n) is 13.2. The van der Waals surface area contributed by atoms with Crippen LogP contribution in [0.15, 0.2) is 36.4 Å². The van der Waals surface area contributed by atoms with E-state index in [1.54, 1.807) is 0 Å². The van der Waals surface area contributed by atoms with Crippen LogP contribution >= 0.6 is 17.9 Å². The molecule has 0 aromatic heterocycles. The van der Waals surface area contributed by atoms with Gasteiger partial charge in [-0.2, -0.15) is 6.54 Å². The van der Waals surface area contributed by atoms with Crippen LogP contribution in [-0.2, 0) is 25.9 Å². The van der Waals surface area contributed by atoms with E-state index in [4.69, 9.17) is 0 Å². The third-order valence-electron chi connectivity index (χ3n) is 3.36. The summed E-state index contributed by atoms with van der Waals surface area (Å²) in [5.41, 5.74) is 3.47. The number of benzene rings is 2. The molecule has 22 heavy (non-hydrogen) atoms. The van der Waals surface area contributed by atoms with Crippen LogP contribution in [0.5, 0.6) is 5.75 Å². The Balaban J connectivity index is 0.00000116. The van der Waals surface area contributed by atoms with Gasteiger partial charge < -0.3 is 10.4 Å². The minimum atomic E-state index is 0.424. The molecule has 0 saturated heterocycles.